The molecule has 1 N–H and O–H groups in total. The molecule has 0 spiro atoms. The zero-order valence-electron chi connectivity index (χ0n) is 9.32. The Labute approximate surface area is 106 Å². The summed E-state index contributed by atoms with van der Waals surface area (Å²) in [6.45, 7) is 1.18. The lowest BCUT2D eigenvalue weighted by molar-refractivity contribution is 0.567. The van der Waals surface area contributed by atoms with E-state index in [-0.39, 0.29) is 0 Å². The number of rotatable bonds is 3. The van der Waals surface area contributed by atoms with Gasteiger partial charge in [0.1, 0.15) is 0 Å². The third kappa shape index (κ3) is 2.27. The average molecular weight is 251 g/mol. The van der Waals surface area contributed by atoms with Gasteiger partial charge < -0.3 is 5.32 Å². The maximum Gasteiger partial charge on any atom is 0.0426 e. The molecule has 0 saturated carbocycles. The quantitative estimate of drug-likeness (QED) is 0.885. The molecule has 1 nitrogen and oxygen atoms in total. The molecule has 2 heterocycles. The number of hydrogen-bond donors (Lipinski definition) is 1. The summed E-state index contributed by atoms with van der Waals surface area (Å²) in [5, 5.41) is 4.60. The molecule has 0 aromatic heterocycles. The van der Waals surface area contributed by atoms with Gasteiger partial charge in [-0.1, -0.05) is 18.2 Å². The zero-order valence-corrected chi connectivity index (χ0v) is 10.9. The molecule has 86 valence electrons. The van der Waals surface area contributed by atoms with Gasteiger partial charge in [-0.15, -0.1) is 11.8 Å². The van der Waals surface area contributed by atoms with E-state index in [0.717, 1.165) is 5.25 Å². The summed E-state index contributed by atoms with van der Waals surface area (Å²) in [6, 6.07) is 9.40. The topological polar surface area (TPSA) is 12.0 Å². The standard InChI is InChI=1S/C13H17NS2/c1-2-6-13-11(5-1)12(9-16-13)14-8-10-4-3-7-15-10/h1-2,5-6,10,12,14H,3-4,7-9H2. The van der Waals surface area contributed by atoms with E-state index in [1.165, 1.54) is 41.4 Å². The van der Waals surface area contributed by atoms with E-state index < -0.39 is 0 Å². The molecule has 3 rings (SSSR count). The monoisotopic (exact) mass is 251 g/mol. The van der Waals surface area contributed by atoms with E-state index in [2.05, 4.69) is 41.3 Å². The second-order valence-corrected chi connectivity index (χ2v) is 6.91. The Balaban J connectivity index is 1.60. The molecule has 0 radical (unpaired) electrons. The predicted molar refractivity (Wildman–Crippen MR) is 73.4 cm³/mol. The minimum absolute atomic E-state index is 0.586. The number of benzene rings is 1. The maximum atomic E-state index is 3.74. The van der Waals surface area contributed by atoms with Crippen LogP contribution < -0.4 is 5.32 Å². The average Bonchev–Trinajstić information content (AvgIpc) is 2.96. The lowest BCUT2D eigenvalue weighted by atomic mass is 10.1. The van der Waals surface area contributed by atoms with Gasteiger partial charge in [-0.25, -0.2) is 0 Å². The van der Waals surface area contributed by atoms with E-state index in [0.29, 0.717) is 6.04 Å². The van der Waals surface area contributed by atoms with E-state index in [4.69, 9.17) is 0 Å². The van der Waals surface area contributed by atoms with Gasteiger partial charge in [-0.2, -0.15) is 11.8 Å². The summed E-state index contributed by atoms with van der Waals surface area (Å²) in [7, 11) is 0. The number of thioether (sulfide) groups is 2. The van der Waals surface area contributed by atoms with Crippen LogP contribution in [0.1, 0.15) is 24.4 Å². The first-order valence-corrected chi connectivity index (χ1v) is 8.03. The van der Waals surface area contributed by atoms with Crippen molar-refractivity contribution >= 4 is 23.5 Å². The van der Waals surface area contributed by atoms with Crippen LogP contribution in [0.25, 0.3) is 0 Å². The fourth-order valence-corrected chi connectivity index (χ4v) is 4.82. The van der Waals surface area contributed by atoms with Gasteiger partial charge in [-0.05, 0) is 30.2 Å². The molecule has 16 heavy (non-hydrogen) atoms. The summed E-state index contributed by atoms with van der Waals surface area (Å²) < 4.78 is 0. The van der Waals surface area contributed by atoms with Crippen molar-refractivity contribution in [3.63, 3.8) is 0 Å². The summed E-state index contributed by atoms with van der Waals surface area (Å²) in [5.74, 6) is 2.57. The minimum atomic E-state index is 0.586. The molecule has 0 amide bonds. The first-order valence-electron chi connectivity index (χ1n) is 6.00. The highest BCUT2D eigenvalue weighted by Crippen LogP contribution is 2.38. The Kier molecular flexibility index (Phi) is 3.46. The molecule has 1 aromatic rings. The summed E-state index contributed by atoms with van der Waals surface area (Å²) in [5.41, 5.74) is 1.51. The van der Waals surface area contributed by atoms with Crippen LogP contribution in [0.4, 0.5) is 0 Å². The van der Waals surface area contributed by atoms with Crippen molar-refractivity contribution in [3.8, 4) is 0 Å². The predicted octanol–water partition coefficient (Wildman–Crippen LogP) is 3.32. The fourth-order valence-electron chi connectivity index (χ4n) is 2.41. The fraction of sp³-hybridized carbons (Fsp3) is 0.538. The highest BCUT2D eigenvalue weighted by Gasteiger charge is 2.23. The summed E-state index contributed by atoms with van der Waals surface area (Å²) >= 11 is 4.13. The van der Waals surface area contributed by atoms with Crippen molar-refractivity contribution in [3.05, 3.63) is 29.8 Å². The Hall–Kier alpha value is -0.120. The van der Waals surface area contributed by atoms with Crippen molar-refractivity contribution in [1.82, 2.24) is 5.32 Å². The van der Waals surface area contributed by atoms with Crippen LogP contribution >= 0.6 is 23.5 Å². The van der Waals surface area contributed by atoms with Crippen LogP contribution in [0, 0.1) is 0 Å². The van der Waals surface area contributed by atoms with E-state index in [1.54, 1.807) is 0 Å². The number of fused-ring (bicyclic) bond motifs is 1. The second kappa shape index (κ2) is 5.03. The Bertz CT molecular complexity index is 361. The van der Waals surface area contributed by atoms with Crippen LogP contribution in [0.2, 0.25) is 0 Å². The molecule has 2 aliphatic heterocycles. The van der Waals surface area contributed by atoms with Crippen molar-refractivity contribution in [2.45, 2.75) is 29.0 Å². The summed E-state index contributed by atoms with van der Waals surface area (Å²) in [4.78, 5) is 1.47. The largest absolute Gasteiger partial charge is 0.308 e. The van der Waals surface area contributed by atoms with Crippen molar-refractivity contribution in [2.75, 3.05) is 18.1 Å². The first-order chi connectivity index (χ1) is 7.93. The van der Waals surface area contributed by atoms with Crippen LogP contribution in [0.3, 0.4) is 0 Å². The SMILES string of the molecule is c1ccc2c(c1)SCC2NCC1CCCS1. The van der Waals surface area contributed by atoms with Gasteiger partial charge in [0.25, 0.3) is 0 Å². The molecule has 1 fully saturated rings. The summed E-state index contributed by atoms with van der Waals surface area (Å²) in [6.07, 6.45) is 2.81. The number of hydrogen-bond acceptors (Lipinski definition) is 3. The third-order valence-electron chi connectivity index (χ3n) is 3.32. The second-order valence-electron chi connectivity index (χ2n) is 4.44. The van der Waals surface area contributed by atoms with E-state index in [1.807, 2.05) is 11.8 Å². The minimum Gasteiger partial charge on any atom is -0.308 e. The Morgan fingerprint density at radius 2 is 2.25 bits per heavy atom. The van der Waals surface area contributed by atoms with Gasteiger partial charge >= 0.3 is 0 Å². The van der Waals surface area contributed by atoms with Gasteiger partial charge in [0.2, 0.25) is 0 Å². The Morgan fingerprint density at radius 3 is 3.12 bits per heavy atom. The molecular weight excluding hydrogens is 234 g/mol. The first kappa shape index (κ1) is 11.0. The van der Waals surface area contributed by atoms with E-state index >= 15 is 0 Å². The van der Waals surface area contributed by atoms with Gasteiger partial charge in [0.15, 0.2) is 0 Å². The molecule has 3 heteroatoms. The molecule has 1 aromatic carbocycles. The van der Waals surface area contributed by atoms with Gasteiger partial charge in [0.05, 0.1) is 0 Å². The lowest BCUT2D eigenvalue weighted by Gasteiger charge is -2.16. The van der Waals surface area contributed by atoms with Gasteiger partial charge in [-0.3, -0.25) is 0 Å². The normalized spacial score (nSPS) is 28.2. The molecule has 2 atom stereocenters. The maximum absolute atomic E-state index is 3.74. The van der Waals surface area contributed by atoms with Crippen molar-refractivity contribution in [2.24, 2.45) is 0 Å². The van der Waals surface area contributed by atoms with Crippen molar-refractivity contribution in [1.29, 1.82) is 0 Å². The molecule has 2 unspecified atom stereocenters. The molecular formula is C13H17NS2. The Morgan fingerprint density at radius 1 is 1.31 bits per heavy atom. The zero-order chi connectivity index (χ0) is 10.8. The van der Waals surface area contributed by atoms with Crippen LogP contribution in [0.5, 0.6) is 0 Å². The molecule has 1 saturated heterocycles. The highest BCUT2D eigenvalue weighted by atomic mass is 32.2. The van der Waals surface area contributed by atoms with Crippen LogP contribution in [-0.4, -0.2) is 23.3 Å². The molecule has 2 aliphatic rings. The number of nitrogens with one attached hydrogen (secondary N) is 1. The smallest absolute Gasteiger partial charge is 0.0426 e. The third-order valence-corrected chi connectivity index (χ3v) is 5.90. The van der Waals surface area contributed by atoms with Gasteiger partial charge in [0, 0.05) is 28.5 Å². The lowest BCUT2D eigenvalue weighted by Crippen LogP contribution is -2.27. The molecule has 0 bridgehead atoms. The van der Waals surface area contributed by atoms with Crippen molar-refractivity contribution < 1.29 is 0 Å². The van der Waals surface area contributed by atoms with Crippen LogP contribution in [-0.2, 0) is 0 Å². The highest BCUT2D eigenvalue weighted by molar-refractivity contribution is 8.00. The van der Waals surface area contributed by atoms with Crippen LogP contribution in [0.15, 0.2) is 29.2 Å². The van der Waals surface area contributed by atoms with E-state index in [9.17, 15) is 0 Å². The molecule has 0 aliphatic carbocycles.